The van der Waals surface area contributed by atoms with E-state index in [0.717, 1.165) is 10.8 Å². The molecule has 1 aliphatic carbocycles. The smallest absolute Gasteiger partial charge is 0.372 e. The van der Waals surface area contributed by atoms with Crippen molar-refractivity contribution in [3.8, 4) is 0 Å². The molecule has 0 saturated heterocycles. The Hall–Kier alpha value is -3.49. The van der Waals surface area contributed by atoms with Crippen LogP contribution in [0.25, 0.3) is 0 Å². The molecule has 0 bridgehead atoms. The number of Topliss-reactive ketones (excluding diaryl/α,β-unsaturated/α-hetero) is 1. The Morgan fingerprint density at radius 3 is 2.48 bits per heavy atom. The summed E-state index contributed by atoms with van der Waals surface area (Å²) in [6.07, 6.45) is 1.15. The Labute approximate surface area is 165 Å². The van der Waals surface area contributed by atoms with Crippen molar-refractivity contribution in [3.05, 3.63) is 52.6 Å². The first-order chi connectivity index (χ1) is 13.5. The average molecular weight is 400 g/mol. The van der Waals surface area contributed by atoms with Crippen LogP contribution < -0.4 is 0 Å². The number of aromatic nitrogens is 2. The Morgan fingerprint density at radius 2 is 1.90 bits per heavy atom. The number of esters is 1. The minimum atomic E-state index is -1.43. The van der Waals surface area contributed by atoms with E-state index in [2.05, 4.69) is 4.98 Å². The summed E-state index contributed by atoms with van der Waals surface area (Å²) in [5.41, 5.74) is 0.504. The Kier molecular flexibility index (Phi) is 5.00. The SMILES string of the molecule is CC(C)(C)OC(=O)Cc1cccc2c1CC(n1cc(C(=O)O)nc1C(=O)O)C2=O. The fraction of sp³-hybridized carbons (Fsp3) is 0.350. The molecular formula is C20H20N2O7. The first-order valence-electron chi connectivity index (χ1n) is 8.90. The zero-order valence-corrected chi connectivity index (χ0v) is 16.1. The van der Waals surface area contributed by atoms with E-state index in [4.69, 9.17) is 9.84 Å². The molecule has 0 saturated carbocycles. The molecule has 9 heteroatoms. The van der Waals surface area contributed by atoms with Gasteiger partial charge in [0, 0.05) is 18.2 Å². The van der Waals surface area contributed by atoms with Crippen LogP contribution in [0.4, 0.5) is 0 Å². The van der Waals surface area contributed by atoms with E-state index < -0.39 is 41.1 Å². The van der Waals surface area contributed by atoms with E-state index >= 15 is 0 Å². The summed E-state index contributed by atoms with van der Waals surface area (Å²) in [6, 6.07) is 4.02. The number of ether oxygens (including phenoxy) is 1. The highest BCUT2D eigenvalue weighted by Gasteiger charge is 2.36. The number of fused-ring (bicyclic) bond motifs is 1. The van der Waals surface area contributed by atoms with Gasteiger partial charge in [-0.3, -0.25) is 9.59 Å². The lowest BCUT2D eigenvalue weighted by Gasteiger charge is -2.20. The standard InChI is InChI=1S/C20H20N2O7/c1-20(2,3)29-15(23)7-10-5-4-6-11-12(10)8-14(16(11)24)22-9-13(18(25)26)21-17(22)19(27)28/h4-6,9,14H,7-8H2,1-3H3,(H,25,26)(H,27,28). The van der Waals surface area contributed by atoms with Crippen molar-refractivity contribution in [2.75, 3.05) is 0 Å². The lowest BCUT2D eigenvalue weighted by atomic mass is 10.0. The van der Waals surface area contributed by atoms with Gasteiger partial charge in [0.15, 0.2) is 11.5 Å². The minimum Gasteiger partial charge on any atom is -0.476 e. The number of hydrogen-bond donors (Lipinski definition) is 2. The van der Waals surface area contributed by atoms with Crippen LogP contribution in [0.1, 0.15) is 69.4 Å². The summed E-state index contributed by atoms with van der Waals surface area (Å²) in [5.74, 6) is -4.15. The zero-order chi connectivity index (χ0) is 21.5. The number of carbonyl (C=O) groups is 4. The molecule has 0 radical (unpaired) electrons. The van der Waals surface area contributed by atoms with E-state index in [1.54, 1.807) is 39.0 Å². The van der Waals surface area contributed by atoms with Crippen molar-refractivity contribution in [2.24, 2.45) is 0 Å². The van der Waals surface area contributed by atoms with E-state index in [1.165, 1.54) is 0 Å². The van der Waals surface area contributed by atoms with Crippen LogP contribution in [0.5, 0.6) is 0 Å². The third-order valence-electron chi connectivity index (χ3n) is 4.47. The van der Waals surface area contributed by atoms with E-state index in [1.807, 2.05) is 0 Å². The second kappa shape index (κ2) is 7.16. The van der Waals surface area contributed by atoms with Gasteiger partial charge in [0.05, 0.1) is 6.42 Å². The van der Waals surface area contributed by atoms with Crippen molar-refractivity contribution in [1.82, 2.24) is 9.55 Å². The molecule has 1 aliphatic rings. The fourth-order valence-corrected chi connectivity index (χ4v) is 3.39. The van der Waals surface area contributed by atoms with Gasteiger partial charge in [-0.25, -0.2) is 14.6 Å². The lowest BCUT2D eigenvalue weighted by molar-refractivity contribution is -0.153. The molecule has 0 amide bonds. The molecule has 0 fully saturated rings. The van der Waals surface area contributed by atoms with Crippen LogP contribution in [-0.2, 0) is 22.4 Å². The van der Waals surface area contributed by atoms with Gasteiger partial charge in [-0.2, -0.15) is 0 Å². The van der Waals surface area contributed by atoms with Gasteiger partial charge in [-0.05, 0) is 31.9 Å². The Morgan fingerprint density at radius 1 is 1.21 bits per heavy atom. The number of aromatic carboxylic acids is 2. The second-order valence-corrected chi connectivity index (χ2v) is 7.76. The summed E-state index contributed by atoms with van der Waals surface area (Å²) >= 11 is 0. The van der Waals surface area contributed by atoms with Crippen LogP contribution in [0.15, 0.2) is 24.4 Å². The first kappa shape index (κ1) is 20.2. The number of benzene rings is 1. The predicted octanol–water partition coefficient (Wildman–Crippen LogP) is 2.14. The molecule has 1 aromatic heterocycles. The van der Waals surface area contributed by atoms with E-state index in [0.29, 0.717) is 16.7 Å². The molecule has 1 atom stereocenters. The highest BCUT2D eigenvalue weighted by molar-refractivity contribution is 6.04. The van der Waals surface area contributed by atoms with Gasteiger partial charge in [0.25, 0.3) is 0 Å². The summed E-state index contributed by atoms with van der Waals surface area (Å²) in [6.45, 7) is 5.27. The maximum atomic E-state index is 12.9. The number of ketones is 1. The summed E-state index contributed by atoms with van der Waals surface area (Å²) < 4.78 is 6.41. The quantitative estimate of drug-likeness (QED) is 0.729. The van der Waals surface area contributed by atoms with E-state index in [-0.39, 0.29) is 18.6 Å². The largest absolute Gasteiger partial charge is 0.476 e. The minimum absolute atomic E-state index is 0.0312. The number of carbonyl (C=O) groups excluding carboxylic acids is 2. The van der Waals surface area contributed by atoms with Gasteiger partial charge >= 0.3 is 17.9 Å². The molecule has 0 spiro atoms. The van der Waals surface area contributed by atoms with E-state index in [9.17, 15) is 24.3 Å². The number of hydrogen-bond acceptors (Lipinski definition) is 6. The van der Waals surface area contributed by atoms with Crippen LogP contribution >= 0.6 is 0 Å². The zero-order valence-electron chi connectivity index (χ0n) is 16.1. The fourth-order valence-electron chi connectivity index (χ4n) is 3.39. The number of nitrogens with zero attached hydrogens (tertiary/aromatic N) is 2. The summed E-state index contributed by atoms with van der Waals surface area (Å²) in [5, 5.41) is 18.5. The van der Waals surface area contributed by atoms with Gasteiger partial charge in [-0.15, -0.1) is 0 Å². The van der Waals surface area contributed by atoms with Crippen molar-refractivity contribution in [1.29, 1.82) is 0 Å². The number of carboxylic acids is 2. The normalized spacial score (nSPS) is 15.8. The van der Waals surface area contributed by atoms with Crippen LogP contribution in [-0.4, -0.2) is 49.1 Å². The second-order valence-electron chi connectivity index (χ2n) is 7.76. The molecule has 1 unspecified atom stereocenters. The predicted molar refractivity (Wildman–Crippen MR) is 99.2 cm³/mol. The molecule has 152 valence electrons. The van der Waals surface area contributed by atoms with Gasteiger partial charge in [0.2, 0.25) is 5.82 Å². The highest BCUT2D eigenvalue weighted by atomic mass is 16.6. The maximum Gasteiger partial charge on any atom is 0.372 e. The molecule has 2 aromatic rings. The van der Waals surface area contributed by atoms with Gasteiger partial charge in [-0.1, -0.05) is 18.2 Å². The maximum absolute atomic E-state index is 12.9. The molecule has 29 heavy (non-hydrogen) atoms. The van der Waals surface area contributed by atoms with Crippen LogP contribution in [0.3, 0.4) is 0 Å². The van der Waals surface area contributed by atoms with Crippen molar-refractivity contribution >= 4 is 23.7 Å². The van der Waals surface area contributed by atoms with Crippen LogP contribution in [0.2, 0.25) is 0 Å². The van der Waals surface area contributed by atoms with Crippen molar-refractivity contribution in [2.45, 2.75) is 45.3 Å². The molecule has 1 heterocycles. The third kappa shape index (κ3) is 4.03. The Bertz CT molecular complexity index is 1030. The van der Waals surface area contributed by atoms with Gasteiger partial charge in [0.1, 0.15) is 11.6 Å². The molecular weight excluding hydrogens is 380 g/mol. The Balaban J connectivity index is 1.95. The summed E-state index contributed by atoms with van der Waals surface area (Å²) in [4.78, 5) is 51.4. The molecule has 3 rings (SSSR count). The van der Waals surface area contributed by atoms with Crippen molar-refractivity contribution in [3.63, 3.8) is 0 Å². The lowest BCUT2D eigenvalue weighted by Crippen LogP contribution is -2.25. The monoisotopic (exact) mass is 400 g/mol. The topological polar surface area (TPSA) is 136 Å². The number of carboxylic acid groups (broad SMARTS) is 2. The summed E-state index contributed by atoms with van der Waals surface area (Å²) in [7, 11) is 0. The average Bonchev–Trinajstić information content (AvgIpc) is 3.16. The molecule has 1 aromatic carbocycles. The van der Waals surface area contributed by atoms with Crippen molar-refractivity contribution < 1.29 is 34.1 Å². The number of imidazole rings is 1. The molecule has 2 N–H and O–H groups in total. The first-order valence-corrected chi connectivity index (χ1v) is 8.90. The van der Waals surface area contributed by atoms with Gasteiger partial charge < -0.3 is 19.5 Å². The highest BCUT2D eigenvalue weighted by Crippen LogP contribution is 2.34. The number of rotatable bonds is 5. The third-order valence-corrected chi connectivity index (χ3v) is 4.47. The molecule has 9 nitrogen and oxygen atoms in total. The van der Waals surface area contributed by atoms with Crippen LogP contribution in [0, 0.1) is 0 Å². The molecule has 0 aliphatic heterocycles.